The quantitative estimate of drug-likeness (QED) is 0.893. The number of nitrogens with two attached hydrogens (primary N) is 1. The van der Waals surface area contributed by atoms with Gasteiger partial charge in [0.1, 0.15) is 6.54 Å². The van der Waals surface area contributed by atoms with Crippen LogP contribution < -0.4 is 5.73 Å². The summed E-state index contributed by atoms with van der Waals surface area (Å²) in [6.07, 6.45) is -0.486. The molecule has 1 aliphatic rings. The highest BCUT2D eigenvalue weighted by Crippen LogP contribution is 2.20. The number of hydrogen-bond donors (Lipinski definition) is 1. The van der Waals surface area contributed by atoms with Crippen molar-refractivity contribution in [3.8, 4) is 0 Å². The lowest BCUT2D eigenvalue weighted by atomic mass is 10.1. The van der Waals surface area contributed by atoms with Crippen LogP contribution in [0.25, 0.3) is 0 Å². The lowest BCUT2D eigenvalue weighted by Gasteiger charge is -2.25. The molecule has 5 nitrogen and oxygen atoms in total. The molecule has 106 valence electrons. The Morgan fingerprint density at radius 3 is 2.53 bits per heavy atom. The Balaban J connectivity index is 2.13. The Bertz CT molecular complexity index is 463. The van der Waals surface area contributed by atoms with Crippen molar-refractivity contribution in [3.63, 3.8) is 0 Å². The molecule has 2 N–H and O–H groups in total. The molecular formula is C11H15F3N4O. The number of carbonyl (C=O) groups is 1. The van der Waals surface area contributed by atoms with Gasteiger partial charge >= 0.3 is 6.18 Å². The molecular weight excluding hydrogens is 261 g/mol. The van der Waals surface area contributed by atoms with Gasteiger partial charge in [0, 0.05) is 19.3 Å². The van der Waals surface area contributed by atoms with Crippen LogP contribution in [0.15, 0.2) is 6.20 Å². The molecule has 0 bridgehead atoms. The number of carbonyl (C=O) groups excluding carboxylic acids is 1. The van der Waals surface area contributed by atoms with Crippen molar-refractivity contribution in [3.05, 3.63) is 11.9 Å². The third-order valence-corrected chi connectivity index (χ3v) is 2.98. The summed E-state index contributed by atoms with van der Waals surface area (Å²) < 4.78 is 37.4. The predicted molar refractivity (Wildman–Crippen MR) is 62.4 cm³/mol. The number of rotatable bonds is 2. The Morgan fingerprint density at radius 1 is 1.32 bits per heavy atom. The summed E-state index contributed by atoms with van der Waals surface area (Å²) in [4.78, 5) is 13.7. The largest absolute Gasteiger partial charge is 0.408 e. The van der Waals surface area contributed by atoms with Gasteiger partial charge < -0.3 is 10.6 Å². The van der Waals surface area contributed by atoms with Gasteiger partial charge in [-0.1, -0.05) is 0 Å². The van der Waals surface area contributed by atoms with Crippen LogP contribution in [-0.4, -0.2) is 39.9 Å². The maximum atomic E-state index is 12.2. The second kappa shape index (κ2) is 5.10. The first-order chi connectivity index (χ1) is 8.87. The number of anilines is 1. The minimum absolute atomic E-state index is 0.0141. The van der Waals surface area contributed by atoms with Gasteiger partial charge in [0.15, 0.2) is 5.69 Å². The average Bonchev–Trinajstić information content (AvgIpc) is 2.68. The molecule has 1 aromatic rings. The summed E-state index contributed by atoms with van der Waals surface area (Å²) in [7, 11) is 0. The second-order valence-corrected chi connectivity index (χ2v) is 4.60. The highest BCUT2D eigenvalue weighted by Gasteiger charge is 2.30. The number of hydrogen-bond acceptors (Lipinski definition) is 3. The van der Waals surface area contributed by atoms with E-state index in [1.165, 1.54) is 0 Å². The maximum absolute atomic E-state index is 12.2. The highest BCUT2D eigenvalue weighted by molar-refractivity contribution is 5.97. The number of alkyl halides is 3. The number of amides is 1. The summed E-state index contributed by atoms with van der Waals surface area (Å²) in [5.74, 6) is -0.391. The third-order valence-electron chi connectivity index (χ3n) is 2.98. The standard InChI is InChI=1S/C11H15F3N4O/c12-11(13,14)7-18-6-8(15)9(16-18)10(19)17-4-2-1-3-5-17/h6H,1-5,7,15H2. The first-order valence-corrected chi connectivity index (χ1v) is 6.06. The van der Waals surface area contributed by atoms with Crippen molar-refractivity contribution in [2.45, 2.75) is 32.0 Å². The second-order valence-electron chi connectivity index (χ2n) is 4.60. The van der Waals surface area contributed by atoms with Crippen molar-refractivity contribution in [1.82, 2.24) is 14.7 Å². The number of aromatic nitrogens is 2. The normalized spacial score (nSPS) is 16.7. The number of halogens is 3. The fourth-order valence-corrected chi connectivity index (χ4v) is 2.11. The monoisotopic (exact) mass is 276 g/mol. The molecule has 19 heavy (non-hydrogen) atoms. The van der Waals surface area contributed by atoms with E-state index < -0.39 is 18.6 Å². The van der Waals surface area contributed by atoms with Crippen LogP contribution in [0.1, 0.15) is 29.8 Å². The van der Waals surface area contributed by atoms with Crippen LogP contribution in [0.4, 0.5) is 18.9 Å². The highest BCUT2D eigenvalue weighted by atomic mass is 19.4. The van der Waals surface area contributed by atoms with Crippen molar-refractivity contribution in [1.29, 1.82) is 0 Å². The molecule has 1 aliphatic heterocycles. The molecule has 8 heteroatoms. The molecule has 0 radical (unpaired) electrons. The zero-order valence-electron chi connectivity index (χ0n) is 10.3. The van der Waals surface area contributed by atoms with Crippen molar-refractivity contribution in [2.75, 3.05) is 18.8 Å². The van der Waals surface area contributed by atoms with Crippen LogP contribution in [-0.2, 0) is 6.54 Å². The van der Waals surface area contributed by atoms with Crippen LogP contribution in [0.2, 0.25) is 0 Å². The van der Waals surface area contributed by atoms with Gasteiger partial charge in [0.25, 0.3) is 5.91 Å². The van der Waals surface area contributed by atoms with E-state index in [-0.39, 0.29) is 11.4 Å². The van der Waals surface area contributed by atoms with Gasteiger partial charge in [0.05, 0.1) is 5.69 Å². The minimum atomic E-state index is -4.39. The lowest BCUT2D eigenvalue weighted by molar-refractivity contribution is -0.142. The lowest BCUT2D eigenvalue weighted by Crippen LogP contribution is -2.36. The summed E-state index contributed by atoms with van der Waals surface area (Å²) in [5.41, 5.74) is 5.46. The number of piperidine rings is 1. The van der Waals surface area contributed by atoms with E-state index in [0.29, 0.717) is 17.8 Å². The number of likely N-dealkylation sites (tertiary alicyclic amines) is 1. The molecule has 0 atom stereocenters. The van der Waals surface area contributed by atoms with Gasteiger partial charge in [-0.2, -0.15) is 18.3 Å². The summed E-state index contributed by atoms with van der Waals surface area (Å²) in [6, 6.07) is 0. The van der Waals surface area contributed by atoms with Gasteiger partial charge in [0.2, 0.25) is 0 Å². The molecule has 0 aliphatic carbocycles. The van der Waals surface area contributed by atoms with E-state index in [1.807, 2.05) is 0 Å². The van der Waals surface area contributed by atoms with E-state index in [4.69, 9.17) is 5.73 Å². The molecule has 0 aromatic carbocycles. The topological polar surface area (TPSA) is 64.2 Å². The smallest absolute Gasteiger partial charge is 0.396 e. The van der Waals surface area contributed by atoms with E-state index in [1.54, 1.807) is 4.90 Å². The van der Waals surface area contributed by atoms with Crippen LogP contribution in [0.3, 0.4) is 0 Å². The van der Waals surface area contributed by atoms with Crippen molar-refractivity contribution >= 4 is 11.6 Å². The molecule has 1 fully saturated rings. The zero-order valence-corrected chi connectivity index (χ0v) is 10.3. The van der Waals surface area contributed by atoms with Gasteiger partial charge in [-0.25, -0.2) is 0 Å². The summed E-state index contributed by atoms with van der Waals surface area (Å²) in [6.45, 7) is -0.0424. The Hall–Kier alpha value is -1.73. The van der Waals surface area contributed by atoms with Crippen LogP contribution in [0, 0.1) is 0 Å². The summed E-state index contributed by atoms with van der Waals surface area (Å²) in [5, 5.41) is 3.65. The maximum Gasteiger partial charge on any atom is 0.408 e. The first-order valence-electron chi connectivity index (χ1n) is 6.06. The van der Waals surface area contributed by atoms with E-state index >= 15 is 0 Å². The number of nitrogens with zero attached hydrogens (tertiary/aromatic N) is 3. The molecule has 0 saturated carbocycles. The Morgan fingerprint density at radius 2 is 1.95 bits per heavy atom. The van der Waals surface area contributed by atoms with Crippen LogP contribution in [0.5, 0.6) is 0 Å². The van der Waals surface area contributed by atoms with E-state index in [0.717, 1.165) is 25.5 Å². The molecule has 1 aromatic heterocycles. The molecule has 2 rings (SSSR count). The van der Waals surface area contributed by atoms with Crippen molar-refractivity contribution < 1.29 is 18.0 Å². The Kier molecular flexibility index (Phi) is 3.68. The number of nitrogen functional groups attached to an aromatic ring is 1. The molecule has 1 amide bonds. The average molecular weight is 276 g/mol. The fourth-order valence-electron chi connectivity index (χ4n) is 2.11. The molecule has 2 heterocycles. The van der Waals surface area contributed by atoms with Crippen molar-refractivity contribution in [2.24, 2.45) is 0 Å². The Labute approximate surface area is 108 Å². The third kappa shape index (κ3) is 3.39. The zero-order chi connectivity index (χ0) is 14.0. The van der Waals surface area contributed by atoms with E-state index in [9.17, 15) is 18.0 Å². The summed E-state index contributed by atoms with van der Waals surface area (Å²) >= 11 is 0. The fraction of sp³-hybridized carbons (Fsp3) is 0.636. The van der Waals surface area contributed by atoms with E-state index in [2.05, 4.69) is 5.10 Å². The molecule has 0 spiro atoms. The van der Waals surface area contributed by atoms with Gasteiger partial charge in [-0.15, -0.1) is 0 Å². The van der Waals surface area contributed by atoms with Crippen LogP contribution >= 0.6 is 0 Å². The van der Waals surface area contributed by atoms with Gasteiger partial charge in [-0.05, 0) is 19.3 Å². The predicted octanol–water partition coefficient (Wildman–Crippen LogP) is 1.65. The molecule has 1 saturated heterocycles. The van der Waals surface area contributed by atoms with Gasteiger partial charge in [-0.3, -0.25) is 9.48 Å². The molecule has 0 unspecified atom stereocenters. The first kappa shape index (κ1) is 13.7. The SMILES string of the molecule is Nc1cn(CC(F)(F)F)nc1C(=O)N1CCCCC1. The minimum Gasteiger partial charge on any atom is -0.396 e.